The van der Waals surface area contributed by atoms with Gasteiger partial charge in [0.25, 0.3) is 0 Å². The highest BCUT2D eigenvalue weighted by Crippen LogP contribution is 2.25. The fourth-order valence-corrected chi connectivity index (χ4v) is 3.81. The standard InChI is InChI=1S/C18H18FN3O4S/c1-10(2)27(24,25)22-15-9-12(4-6-14(15)21-18(22)20)17(23)11-5-7-16(26-3)13(19)8-11/h4-10H,1-3H3,(H2,20,21). The number of benzene rings is 2. The summed E-state index contributed by atoms with van der Waals surface area (Å²) in [4.78, 5) is 16.8. The van der Waals surface area contributed by atoms with Crippen LogP contribution in [0.5, 0.6) is 5.75 Å². The van der Waals surface area contributed by atoms with Gasteiger partial charge in [0.2, 0.25) is 16.0 Å². The second-order valence-corrected chi connectivity index (χ2v) is 8.55. The Morgan fingerprint density at radius 1 is 1.19 bits per heavy atom. The van der Waals surface area contributed by atoms with Crippen molar-refractivity contribution >= 4 is 32.8 Å². The number of nitrogens with zero attached hydrogens (tertiary/aromatic N) is 2. The number of methoxy groups -OCH3 is 1. The number of carbonyl (C=O) groups excluding carboxylic acids is 1. The van der Waals surface area contributed by atoms with Gasteiger partial charge in [-0.2, -0.15) is 0 Å². The Hall–Kier alpha value is -2.94. The highest BCUT2D eigenvalue weighted by atomic mass is 32.2. The van der Waals surface area contributed by atoms with Crippen molar-refractivity contribution in [3.63, 3.8) is 0 Å². The van der Waals surface area contributed by atoms with Crippen LogP contribution in [0.15, 0.2) is 36.4 Å². The van der Waals surface area contributed by atoms with Gasteiger partial charge in [0.1, 0.15) is 0 Å². The number of ketones is 1. The van der Waals surface area contributed by atoms with Gasteiger partial charge in [0.15, 0.2) is 17.3 Å². The second-order valence-electron chi connectivity index (χ2n) is 6.21. The average molecular weight is 391 g/mol. The molecule has 3 rings (SSSR count). The van der Waals surface area contributed by atoms with E-state index in [-0.39, 0.29) is 28.3 Å². The third-order valence-electron chi connectivity index (χ3n) is 4.16. The van der Waals surface area contributed by atoms with Gasteiger partial charge in [-0.1, -0.05) is 0 Å². The zero-order valence-corrected chi connectivity index (χ0v) is 15.7. The van der Waals surface area contributed by atoms with Crippen LogP contribution in [-0.4, -0.2) is 35.5 Å². The van der Waals surface area contributed by atoms with Gasteiger partial charge in [0, 0.05) is 11.1 Å². The van der Waals surface area contributed by atoms with E-state index in [1.165, 1.54) is 51.3 Å². The van der Waals surface area contributed by atoms with Gasteiger partial charge < -0.3 is 10.5 Å². The zero-order chi connectivity index (χ0) is 19.9. The molecule has 1 aromatic heterocycles. The van der Waals surface area contributed by atoms with Crippen molar-refractivity contribution in [3.8, 4) is 5.75 Å². The van der Waals surface area contributed by atoms with Crippen molar-refractivity contribution in [2.45, 2.75) is 19.1 Å². The quantitative estimate of drug-likeness (QED) is 0.671. The first-order valence-electron chi connectivity index (χ1n) is 8.07. The van der Waals surface area contributed by atoms with Crippen molar-refractivity contribution in [1.82, 2.24) is 8.96 Å². The molecule has 9 heteroatoms. The normalized spacial score (nSPS) is 11.9. The summed E-state index contributed by atoms with van der Waals surface area (Å²) in [6.07, 6.45) is 0. The lowest BCUT2D eigenvalue weighted by molar-refractivity contribution is 0.103. The fourth-order valence-electron chi connectivity index (χ4n) is 2.67. The third kappa shape index (κ3) is 3.14. The molecule has 2 N–H and O–H groups in total. The first kappa shape index (κ1) is 18.8. The van der Waals surface area contributed by atoms with Crippen LogP contribution in [0.2, 0.25) is 0 Å². The summed E-state index contributed by atoms with van der Waals surface area (Å²) < 4.78 is 44.9. The molecule has 1 heterocycles. The molecule has 142 valence electrons. The lowest BCUT2D eigenvalue weighted by atomic mass is 10.0. The Balaban J connectivity index is 2.14. The molecule has 0 unspecified atom stereocenters. The highest BCUT2D eigenvalue weighted by molar-refractivity contribution is 7.90. The van der Waals surface area contributed by atoms with Crippen LogP contribution in [0.3, 0.4) is 0 Å². The predicted molar refractivity (Wildman–Crippen MR) is 100.0 cm³/mol. The number of carbonyl (C=O) groups is 1. The number of nitrogens with two attached hydrogens (primary N) is 1. The molecular formula is C18H18FN3O4S. The van der Waals surface area contributed by atoms with Crippen molar-refractivity contribution in [2.75, 3.05) is 12.8 Å². The number of halogens is 1. The average Bonchev–Trinajstić information content (AvgIpc) is 2.96. The van der Waals surface area contributed by atoms with Crippen LogP contribution in [0, 0.1) is 5.82 Å². The van der Waals surface area contributed by atoms with Crippen LogP contribution in [-0.2, 0) is 10.0 Å². The number of hydrogen-bond acceptors (Lipinski definition) is 6. The Kier molecular flexibility index (Phi) is 4.64. The van der Waals surface area contributed by atoms with E-state index < -0.39 is 26.9 Å². The number of aromatic nitrogens is 2. The van der Waals surface area contributed by atoms with E-state index in [9.17, 15) is 17.6 Å². The first-order chi connectivity index (χ1) is 12.7. The van der Waals surface area contributed by atoms with Gasteiger partial charge in [-0.3, -0.25) is 4.79 Å². The molecule has 3 aromatic rings. The molecule has 7 nitrogen and oxygen atoms in total. The zero-order valence-electron chi connectivity index (χ0n) is 14.9. The molecule has 0 atom stereocenters. The Morgan fingerprint density at radius 3 is 2.41 bits per heavy atom. The van der Waals surface area contributed by atoms with E-state index in [0.717, 1.165) is 10.0 Å². The molecule has 0 radical (unpaired) electrons. The summed E-state index contributed by atoms with van der Waals surface area (Å²) in [6.45, 7) is 3.05. The molecule has 0 saturated carbocycles. The molecular weight excluding hydrogens is 373 g/mol. The largest absolute Gasteiger partial charge is 0.494 e. The minimum atomic E-state index is -3.77. The number of imidazole rings is 1. The van der Waals surface area contributed by atoms with Crippen molar-refractivity contribution in [3.05, 3.63) is 53.3 Å². The molecule has 0 aliphatic heterocycles. The maximum atomic E-state index is 13.9. The van der Waals surface area contributed by atoms with Crippen LogP contribution in [0.1, 0.15) is 29.8 Å². The highest BCUT2D eigenvalue weighted by Gasteiger charge is 2.25. The maximum absolute atomic E-state index is 13.9. The van der Waals surface area contributed by atoms with Crippen LogP contribution < -0.4 is 10.5 Å². The molecule has 0 fully saturated rings. The summed E-state index contributed by atoms with van der Waals surface area (Å²) in [5.74, 6) is -1.29. The minimum Gasteiger partial charge on any atom is -0.494 e. The third-order valence-corrected chi connectivity index (χ3v) is 6.25. The van der Waals surface area contributed by atoms with Crippen molar-refractivity contribution in [2.24, 2.45) is 0 Å². The number of nitrogen functional groups attached to an aromatic ring is 1. The smallest absolute Gasteiger partial charge is 0.244 e. The summed E-state index contributed by atoms with van der Waals surface area (Å²) in [5.41, 5.74) is 6.62. The number of ether oxygens (including phenoxy) is 1. The van der Waals surface area contributed by atoms with E-state index in [1.807, 2.05) is 0 Å². The van der Waals surface area contributed by atoms with Crippen LogP contribution in [0.4, 0.5) is 10.3 Å². The van der Waals surface area contributed by atoms with E-state index in [2.05, 4.69) is 4.98 Å². The van der Waals surface area contributed by atoms with Gasteiger partial charge in [-0.15, -0.1) is 0 Å². The molecule has 2 aromatic carbocycles. The fraction of sp³-hybridized carbons (Fsp3) is 0.222. The summed E-state index contributed by atoms with van der Waals surface area (Å²) in [7, 11) is -2.44. The van der Waals surface area contributed by atoms with Crippen LogP contribution in [0.25, 0.3) is 11.0 Å². The van der Waals surface area contributed by atoms with E-state index in [0.29, 0.717) is 5.52 Å². The Bertz CT molecular complexity index is 1150. The van der Waals surface area contributed by atoms with E-state index in [1.54, 1.807) is 0 Å². The minimum absolute atomic E-state index is 0.0240. The van der Waals surface area contributed by atoms with Crippen LogP contribution >= 0.6 is 0 Å². The predicted octanol–water partition coefficient (Wildman–Crippen LogP) is 2.58. The molecule has 0 aliphatic carbocycles. The maximum Gasteiger partial charge on any atom is 0.244 e. The topological polar surface area (TPSA) is 104 Å². The number of fused-ring (bicyclic) bond motifs is 1. The number of rotatable bonds is 5. The lowest BCUT2D eigenvalue weighted by Gasteiger charge is -2.11. The molecule has 0 aliphatic rings. The van der Waals surface area contributed by atoms with Gasteiger partial charge in [0.05, 0.1) is 23.4 Å². The molecule has 27 heavy (non-hydrogen) atoms. The molecule has 0 amide bonds. The summed E-state index contributed by atoms with van der Waals surface area (Å²) in [5, 5.41) is -0.729. The Labute approximate surface area is 155 Å². The van der Waals surface area contributed by atoms with Crippen molar-refractivity contribution in [1.29, 1.82) is 0 Å². The molecule has 0 spiro atoms. The van der Waals surface area contributed by atoms with Gasteiger partial charge >= 0.3 is 0 Å². The SMILES string of the molecule is COc1ccc(C(=O)c2ccc3nc(N)n(S(=O)(=O)C(C)C)c3c2)cc1F. The number of hydrogen-bond donors (Lipinski definition) is 1. The summed E-state index contributed by atoms with van der Waals surface area (Å²) in [6, 6.07) is 8.25. The van der Waals surface area contributed by atoms with Gasteiger partial charge in [-0.05, 0) is 50.2 Å². The summed E-state index contributed by atoms with van der Waals surface area (Å²) >= 11 is 0. The molecule has 0 bridgehead atoms. The first-order valence-corrected chi connectivity index (χ1v) is 9.57. The molecule has 0 saturated heterocycles. The lowest BCUT2D eigenvalue weighted by Crippen LogP contribution is -2.23. The van der Waals surface area contributed by atoms with E-state index >= 15 is 0 Å². The van der Waals surface area contributed by atoms with Crippen molar-refractivity contribution < 1.29 is 22.3 Å². The van der Waals surface area contributed by atoms with Gasteiger partial charge in [-0.25, -0.2) is 21.8 Å². The number of anilines is 1. The van der Waals surface area contributed by atoms with E-state index in [4.69, 9.17) is 10.5 Å². The monoisotopic (exact) mass is 391 g/mol. The Morgan fingerprint density at radius 2 is 1.81 bits per heavy atom. The second kappa shape index (κ2) is 6.66.